The standard InChI is InChI=1S/C25H18F3N3O/c1-2-31-22-14-18(25(26,27)28)11-12-20(22)21(15-29)23(31)17-9-6-10-19(13-17)30-24(32)16-7-4-3-5-8-16/h3-14H,2H2,1H3,(H,30,32). The largest absolute Gasteiger partial charge is 0.416 e. The number of nitrogens with one attached hydrogen (secondary N) is 1. The Morgan fingerprint density at radius 3 is 2.44 bits per heavy atom. The van der Waals surface area contributed by atoms with Crippen molar-refractivity contribution in [1.29, 1.82) is 5.26 Å². The lowest BCUT2D eigenvalue weighted by Gasteiger charge is -2.12. The van der Waals surface area contributed by atoms with Crippen molar-refractivity contribution in [3.8, 4) is 17.3 Å². The minimum Gasteiger partial charge on any atom is -0.340 e. The molecular formula is C25H18F3N3O. The Morgan fingerprint density at radius 1 is 1.03 bits per heavy atom. The van der Waals surface area contributed by atoms with Crippen LogP contribution in [-0.2, 0) is 12.7 Å². The van der Waals surface area contributed by atoms with Gasteiger partial charge < -0.3 is 9.88 Å². The number of halogens is 3. The summed E-state index contributed by atoms with van der Waals surface area (Å²) in [6, 6.07) is 21.2. The lowest BCUT2D eigenvalue weighted by atomic mass is 10.0. The van der Waals surface area contributed by atoms with Crippen molar-refractivity contribution in [2.45, 2.75) is 19.6 Å². The van der Waals surface area contributed by atoms with Gasteiger partial charge in [0.2, 0.25) is 0 Å². The molecule has 0 unspecified atom stereocenters. The van der Waals surface area contributed by atoms with E-state index in [0.717, 1.165) is 12.1 Å². The van der Waals surface area contributed by atoms with E-state index < -0.39 is 11.7 Å². The molecule has 1 N–H and O–H groups in total. The summed E-state index contributed by atoms with van der Waals surface area (Å²) in [5, 5.41) is 13.1. The maximum Gasteiger partial charge on any atom is 0.416 e. The number of nitrogens with zero attached hydrogens (tertiary/aromatic N) is 2. The lowest BCUT2D eigenvalue weighted by Crippen LogP contribution is -2.11. The van der Waals surface area contributed by atoms with Gasteiger partial charge in [0.15, 0.2) is 0 Å². The molecule has 0 fully saturated rings. The Labute approximate surface area is 182 Å². The number of aromatic nitrogens is 1. The fourth-order valence-corrected chi connectivity index (χ4v) is 3.80. The van der Waals surface area contributed by atoms with E-state index in [1.54, 1.807) is 53.1 Å². The molecule has 0 spiro atoms. The number of hydrogen-bond acceptors (Lipinski definition) is 2. The smallest absolute Gasteiger partial charge is 0.340 e. The van der Waals surface area contributed by atoms with E-state index >= 15 is 0 Å². The minimum atomic E-state index is -4.48. The van der Waals surface area contributed by atoms with Crippen molar-refractivity contribution in [3.05, 3.63) is 89.5 Å². The van der Waals surface area contributed by atoms with Crippen LogP contribution in [0.4, 0.5) is 18.9 Å². The van der Waals surface area contributed by atoms with E-state index in [1.165, 1.54) is 6.07 Å². The second kappa shape index (κ2) is 8.23. The third-order valence-electron chi connectivity index (χ3n) is 5.25. The van der Waals surface area contributed by atoms with Gasteiger partial charge in [0.05, 0.1) is 22.3 Å². The Bertz CT molecular complexity index is 1350. The van der Waals surface area contributed by atoms with Gasteiger partial charge in [0.25, 0.3) is 5.91 Å². The van der Waals surface area contributed by atoms with Crippen LogP contribution in [0.1, 0.15) is 28.4 Å². The SMILES string of the molecule is CCn1c(-c2cccc(NC(=O)c3ccccc3)c2)c(C#N)c2ccc(C(F)(F)F)cc21. The van der Waals surface area contributed by atoms with Crippen LogP contribution in [-0.4, -0.2) is 10.5 Å². The van der Waals surface area contributed by atoms with Gasteiger partial charge in [-0.1, -0.05) is 36.4 Å². The molecule has 0 aliphatic heterocycles. The molecule has 4 rings (SSSR count). The third kappa shape index (κ3) is 3.83. The van der Waals surface area contributed by atoms with Gasteiger partial charge in [-0.15, -0.1) is 0 Å². The number of alkyl halides is 3. The Morgan fingerprint density at radius 2 is 1.78 bits per heavy atom. The van der Waals surface area contributed by atoms with Crippen LogP contribution in [0.2, 0.25) is 0 Å². The number of carbonyl (C=O) groups is 1. The van der Waals surface area contributed by atoms with Crippen LogP contribution in [0.25, 0.3) is 22.2 Å². The first kappa shape index (κ1) is 21.2. The minimum absolute atomic E-state index is 0.283. The molecule has 0 saturated carbocycles. The second-order valence-corrected chi connectivity index (χ2v) is 7.21. The average molecular weight is 433 g/mol. The predicted octanol–water partition coefficient (Wildman–Crippen LogP) is 6.47. The summed E-state index contributed by atoms with van der Waals surface area (Å²) in [4.78, 5) is 12.5. The third-order valence-corrected chi connectivity index (χ3v) is 5.25. The summed E-state index contributed by atoms with van der Waals surface area (Å²) >= 11 is 0. The molecule has 160 valence electrons. The van der Waals surface area contributed by atoms with Crippen molar-refractivity contribution < 1.29 is 18.0 Å². The van der Waals surface area contributed by atoms with E-state index in [4.69, 9.17) is 0 Å². The summed E-state index contributed by atoms with van der Waals surface area (Å²) in [6.07, 6.45) is -4.48. The quantitative estimate of drug-likeness (QED) is 0.401. The van der Waals surface area contributed by atoms with Crippen molar-refractivity contribution in [2.24, 2.45) is 0 Å². The number of rotatable bonds is 4. The molecule has 0 saturated heterocycles. The van der Waals surface area contributed by atoms with E-state index in [0.29, 0.717) is 45.5 Å². The molecular weight excluding hydrogens is 415 g/mol. The summed E-state index contributed by atoms with van der Waals surface area (Å²) in [5.41, 5.74) is 2.02. The maximum atomic E-state index is 13.3. The van der Waals surface area contributed by atoms with Crippen molar-refractivity contribution in [1.82, 2.24) is 4.57 Å². The van der Waals surface area contributed by atoms with Gasteiger partial charge in [-0.05, 0) is 43.3 Å². The highest BCUT2D eigenvalue weighted by molar-refractivity contribution is 6.04. The zero-order chi connectivity index (χ0) is 22.9. The summed E-state index contributed by atoms with van der Waals surface area (Å²) in [6.45, 7) is 2.18. The Hall–Kier alpha value is -4.05. The highest BCUT2D eigenvalue weighted by atomic mass is 19.4. The van der Waals surface area contributed by atoms with Gasteiger partial charge in [-0.25, -0.2) is 0 Å². The molecule has 0 aliphatic carbocycles. The van der Waals surface area contributed by atoms with Crippen LogP contribution in [0.3, 0.4) is 0 Å². The van der Waals surface area contributed by atoms with E-state index in [-0.39, 0.29) is 5.91 Å². The highest BCUT2D eigenvalue weighted by Crippen LogP contribution is 2.38. The number of amides is 1. The molecule has 3 aromatic carbocycles. The van der Waals surface area contributed by atoms with Gasteiger partial charge in [0.1, 0.15) is 6.07 Å². The number of hydrogen-bond donors (Lipinski definition) is 1. The van der Waals surface area contributed by atoms with Crippen LogP contribution in [0.15, 0.2) is 72.8 Å². The number of anilines is 1. The molecule has 4 nitrogen and oxygen atoms in total. The summed E-state index contributed by atoms with van der Waals surface area (Å²) < 4.78 is 41.5. The fourth-order valence-electron chi connectivity index (χ4n) is 3.80. The predicted molar refractivity (Wildman–Crippen MR) is 117 cm³/mol. The van der Waals surface area contributed by atoms with Gasteiger partial charge >= 0.3 is 6.18 Å². The van der Waals surface area contributed by atoms with E-state index in [9.17, 15) is 23.2 Å². The molecule has 1 heterocycles. The van der Waals surface area contributed by atoms with E-state index in [2.05, 4.69) is 11.4 Å². The van der Waals surface area contributed by atoms with Crippen LogP contribution < -0.4 is 5.32 Å². The monoisotopic (exact) mass is 433 g/mol. The van der Waals surface area contributed by atoms with Crippen LogP contribution in [0.5, 0.6) is 0 Å². The highest BCUT2D eigenvalue weighted by Gasteiger charge is 2.31. The molecule has 0 bridgehead atoms. The second-order valence-electron chi connectivity index (χ2n) is 7.21. The Balaban J connectivity index is 1.82. The lowest BCUT2D eigenvalue weighted by molar-refractivity contribution is -0.137. The van der Waals surface area contributed by atoms with E-state index in [1.807, 2.05) is 13.0 Å². The van der Waals surface area contributed by atoms with Gasteiger partial charge in [0, 0.05) is 28.7 Å². The van der Waals surface area contributed by atoms with Crippen LogP contribution in [0, 0.1) is 11.3 Å². The molecule has 1 aromatic heterocycles. The normalized spacial score (nSPS) is 11.3. The molecule has 7 heteroatoms. The van der Waals surface area contributed by atoms with Crippen LogP contribution >= 0.6 is 0 Å². The zero-order valence-electron chi connectivity index (χ0n) is 17.1. The van der Waals surface area contributed by atoms with Crippen molar-refractivity contribution >= 4 is 22.5 Å². The molecule has 0 aliphatic rings. The average Bonchev–Trinajstić information content (AvgIpc) is 3.12. The molecule has 4 aromatic rings. The van der Waals surface area contributed by atoms with Gasteiger partial charge in [-0.3, -0.25) is 4.79 Å². The topological polar surface area (TPSA) is 57.8 Å². The summed E-state index contributed by atoms with van der Waals surface area (Å²) in [7, 11) is 0. The summed E-state index contributed by atoms with van der Waals surface area (Å²) in [5.74, 6) is -0.283. The van der Waals surface area contributed by atoms with Crippen molar-refractivity contribution in [2.75, 3.05) is 5.32 Å². The molecule has 0 atom stereocenters. The fraction of sp³-hybridized carbons (Fsp3) is 0.120. The number of aryl methyl sites for hydroxylation is 1. The molecule has 0 radical (unpaired) electrons. The maximum absolute atomic E-state index is 13.3. The first-order valence-corrected chi connectivity index (χ1v) is 9.94. The molecule has 1 amide bonds. The number of nitriles is 1. The zero-order valence-corrected chi connectivity index (χ0v) is 17.1. The number of carbonyl (C=O) groups excluding carboxylic acids is 1. The number of benzene rings is 3. The van der Waals surface area contributed by atoms with Gasteiger partial charge in [-0.2, -0.15) is 18.4 Å². The van der Waals surface area contributed by atoms with Crippen molar-refractivity contribution in [3.63, 3.8) is 0 Å². The first-order chi connectivity index (χ1) is 15.3. The number of fused-ring (bicyclic) bond motifs is 1. The molecule has 32 heavy (non-hydrogen) atoms. The first-order valence-electron chi connectivity index (χ1n) is 9.94. The Kier molecular flexibility index (Phi) is 5.45.